The van der Waals surface area contributed by atoms with E-state index in [0.29, 0.717) is 5.88 Å². The van der Waals surface area contributed by atoms with E-state index >= 15 is 0 Å². The van der Waals surface area contributed by atoms with Crippen molar-refractivity contribution in [3.05, 3.63) is 0 Å². The molecule has 1 aliphatic rings. The molecule has 1 aliphatic carbocycles. The van der Waals surface area contributed by atoms with Crippen molar-refractivity contribution in [2.45, 2.75) is 36.6 Å². The van der Waals surface area contributed by atoms with Gasteiger partial charge >= 0.3 is 6.16 Å². The van der Waals surface area contributed by atoms with Gasteiger partial charge < -0.3 is 9.47 Å². The molecule has 0 aromatic carbocycles. The molecule has 0 bridgehead atoms. The lowest BCUT2D eigenvalue weighted by atomic mass is 9.98. The Labute approximate surface area is 97.2 Å². The first-order valence-electron chi connectivity index (χ1n) is 4.77. The van der Waals surface area contributed by atoms with Crippen molar-refractivity contribution in [3.8, 4) is 0 Å². The second-order valence-electron chi connectivity index (χ2n) is 3.33. The van der Waals surface area contributed by atoms with Crippen LogP contribution < -0.4 is 0 Å². The minimum atomic E-state index is -0.635. The molecule has 82 valence electrons. The van der Waals surface area contributed by atoms with Gasteiger partial charge in [0.2, 0.25) is 0 Å². The SMILES string of the molecule is O=C(OCCCl)OC1(Br)CCCCC1. The Balaban J connectivity index is 2.29. The lowest BCUT2D eigenvalue weighted by Gasteiger charge is -2.30. The van der Waals surface area contributed by atoms with Gasteiger partial charge in [-0.15, -0.1) is 11.6 Å². The van der Waals surface area contributed by atoms with E-state index in [9.17, 15) is 4.79 Å². The van der Waals surface area contributed by atoms with E-state index in [1.807, 2.05) is 0 Å². The Hall–Kier alpha value is 0.0400. The zero-order chi connectivity index (χ0) is 10.4. The Morgan fingerprint density at radius 1 is 1.36 bits per heavy atom. The van der Waals surface area contributed by atoms with E-state index in [1.54, 1.807) is 0 Å². The fourth-order valence-electron chi connectivity index (χ4n) is 1.48. The molecule has 1 rings (SSSR count). The number of ether oxygens (including phenoxy) is 2. The molecular formula is C9H14BrClO3. The van der Waals surface area contributed by atoms with E-state index < -0.39 is 10.7 Å². The molecule has 0 aliphatic heterocycles. The fraction of sp³-hybridized carbons (Fsp3) is 0.889. The molecule has 0 heterocycles. The summed E-state index contributed by atoms with van der Waals surface area (Å²) in [5.74, 6) is 0.296. The lowest BCUT2D eigenvalue weighted by Crippen LogP contribution is -2.31. The quantitative estimate of drug-likeness (QED) is 0.588. The van der Waals surface area contributed by atoms with Crippen molar-refractivity contribution in [3.63, 3.8) is 0 Å². The van der Waals surface area contributed by atoms with Crippen LogP contribution in [0.2, 0.25) is 0 Å². The molecule has 0 spiro atoms. The summed E-state index contributed by atoms with van der Waals surface area (Å²) in [6.45, 7) is 0.198. The minimum Gasteiger partial charge on any atom is -0.433 e. The highest BCUT2D eigenvalue weighted by atomic mass is 79.9. The van der Waals surface area contributed by atoms with Gasteiger partial charge in [-0.3, -0.25) is 0 Å². The summed E-state index contributed by atoms with van der Waals surface area (Å²) in [6.07, 6.45) is 4.42. The largest absolute Gasteiger partial charge is 0.509 e. The van der Waals surface area contributed by atoms with Crippen LogP contribution in [0.25, 0.3) is 0 Å². The second-order valence-corrected chi connectivity index (χ2v) is 5.16. The zero-order valence-electron chi connectivity index (χ0n) is 7.93. The van der Waals surface area contributed by atoms with Crippen LogP contribution in [0, 0.1) is 0 Å². The van der Waals surface area contributed by atoms with E-state index in [1.165, 1.54) is 6.42 Å². The fourth-order valence-corrected chi connectivity index (χ4v) is 2.25. The molecular weight excluding hydrogens is 271 g/mol. The first-order valence-corrected chi connectivity index (χ1v) is 6.10. The third-order valence-electron chi connectivity index (χ3n) is 2.16. The molecule has 0 aromatic heterocycles. The maximum absolute atomic E-state index is 11.1. The topological polar surface area (TPSA) is 35.5 Å². The van der Waals surface area contributed by atoms with Gasteiger partial charge in [0.15, 0.2) is 4.51 Å². The van der Waals surface area contributed by atoms with Crippen LogP contribution in [-0.2, 0) is 9.47 Å². The number of carbonyl (C=O) groups is 1. The maximum atomic E-state index is 11.1. The van der Waals surface area contributed by atoms with Crippen LogP contribution in [0.4, 0.5) is 4.79 Å². The van der Waals surface area contributed by atoms with Crippen LogP contribution >= 0.6 is 27.5 Å². The van der Waals surface area contributed by atoms with Gasteiger partial charge in [0.05, 0.1) is 5.88 Å². The highest BCUT2D eigenvalue weighted by Gasteiger charge is 2.33. The summed E-state index contributed by atoms with van der Waals surface area (Å²) >= 11 is 8.81. The summed E-state index contributed by atoms with van der Waals surface area (Å²) in [5.41, 5.74) is 0. The smallest absolute Gasteiger partial charge is 0.433 e. The zero-order valence-corrected chi connectivity index (χ0v) is 10.3. The highest BCUT2D eigenvalue weighted by Crippen LogP contribution is 2.37. The van der Waals surface area contributed by atoms with Crippen LogP contribution in [0.15, 0.2) is 0 Å². The summed E-state index contributed by atoms with van der Waals surface area (Å²) < 4.78 is 9.41. The first-order chi connectivity index (χ1) is 6.66. The first kappa shape index (κ1) is 12.1. The lowest BCUT2D eigenvalue weighted by molar-refractivity contribution is 0.000987. The number of rotatable bonds is 3. The average molecular weight is 286 g/mol. The normalized spacial score (nSPS) is 20.1. The minimum absolute atomic E-state index is 0.198. The van der Waals surface area contributed by atoms with Gasteiger partial charge in [-0.1, -0.05) is 6.42 Å². The molecule has 3 nitrogen and oxygen atoms in total. The van der Waals surface area contributed by atoms with Gasteiger partial charge in [-0.25, -0.2) is 4.79 Å². The van der Waals surface area contributed by atoms with Crippen LogP contribution in [0.3, 0.4) is 0 Å². The van der Waals surface area contributed by atoms with E-state index in [4.69, 9.17) is 21.1 Å². The monoisotopic (exact) mass is 284 g/mol. The number of hydrogen-bond donors (Lipinski definition) is 0. The molecule has 0 N–H and O–H groups in total. The van der Waals surface area contributed by atoms with Crippen molar-refractivity contribution in [1.82, 2.24) is 0 Å². The molecule has 0 atom stereocenters. The Kier molecular flexibility index (Phi) is 5.02. The van der Waals surface area contributed by atoms with Crippen molar-refractivity contribution in [2.75, 3.05) is 12.5 Å². The number of halogens is 2. The summed E-state index contributed by atoms with van der Waals surface area (Å²) in [7, 11) is 0. The third-order valence-corrected chi connectivity index (χ3v) is 3.27. The standard InChI is InChI=1S/C9H14BrClO3/c10-9(4-2-1-3-5-9)14-8(12)13-7-6-11/h1-7H2. The van der Waals surface area contributed by atoms with Crippen LogP contribution in [0.5, 0.6) is 0 Å². The van der Waals surface area contributed by atoms with Gasteiger partial charge in [0.25, 0.3) is 0 Å². The van der Waals surface area contributed by atoms with Gasteiger partial charge in [-0.05, 0) is 41.6 Å². The van der Waals surface area contributed by atoms with E-state index in [0.717, 1.165) is 25.7 Å². The predicted octanol–water partition coefficient (Wildman–Crippen LogP) is 3.43. The van der Waals surface area contributed by atoms with E-state index in [-0.39, 0.29) is 6.61 Å². The number of hydrogen-bond acceptors (Lipinski definition) is 3. The third kappa shape index (κ3) is 4.05. The Morgan fingerprint density at radius 2 is 2.00 bits per heavy atom. The second kappa shape index (κ2) is 5.81. The van der Waals surface area contributed by atoms with Gasteiger partial charge in [0, 0.05) is 0 Å². The maximum Gasteiger partial charge on any atom is 0.509 e. The molecule has 1 fully saturated rings. The van der Waals surface area contributed by atoms with E-state index in [2.05, 4.69) is 15.9 Å². The molecule has 0 saturated heterocycles. The summed E-state index contributed by atoms with van der Waals surface area (Å²) in [5, 5.41) is 0. The molecule has 0 unspecified atom stereocenters. The molecule has 0 aromatic rings. The molecule has 5 heteroatoms. The molecule has 1 saturated carbocycles. The number of alkyl halides is 2. The van der Waals surface area contributed by atoms with Crippen molar-refractivity contribution >= 4 is 33.7 Å². The van der Waals surface area contributed by atoms with Gasteiger partial charge in [-0.2, -0.15) is 0 Å². The van der Waals surface area contributed by atoms with Crippen molar-refractivity contribution in [2.24, 2.45) is 0 Å². The summed E-state index contributed by atoms with van der Waals surface area (Å²) in [6, 6.07) is 0. The highest BCUT2D eigenvalue weighted by molar-refractivity contribution is 9.10. The van der Waals surface area contributed by atoms with Gasteiger partial charge in [0.1, 0.15) is 6.61 Å². The Bertz CT molecular complexity index is 192. The molecule has 0 radical (unpaired) electrons. The Morgan fingerprint density at radius 3 is 2.57 bits per heavy atom. The van der Waals surface area contributed by atoms with Crippen molar-refractivity contribution < 1.29 is 14.3 Å². The predicted molar refractivity (Wildman–Crippen MR) is 57.9 cm³/mol. The van der Waals surface area contributed by atoms with Crippen molar-refractivity contribution in [1.29, 1.82) is 0 Å². The molecule has 14 heavy (non-hydrogen) atoms. The molecule has 0 amide bonds. The summed E-state index contributed by atoms with van der Waals surface area (Å²) in [4.78, 5) is 11.1. The average Bonchev–Trinajstić information content (AvgIpc) is 2.15. The van der Waals surface area contributed by atoms with Crippen LogP contribution in [0.1, 0.15) is 32.1 Å². The number of carbonyl (C=O) groups excluding carboxylic acids is 1. The van der Waals surface area contributed by atoms with Crippen LogP contribution in [-0.4, -0.2) is 23.2 Å².